The van der Waals surface area contributed by atoms with Crippen LogP contribution in [0.4, 0.5) is 0 Å². The first-order valence-electron chi connectivity index (χ1n) is 7.84. The lowest BCUT2D eigenvalue weighted by Crippen LogP contribution is -2.49. The number of ether oxygens (including phenoxy) is 3. The summed E-state index contributed by atoms with van der Waals surface area (Å²) in [7, 11) is 3.16. The van der Waals surface area contributed by atoms with E-state index in [1.165, 1.54) is 6.21 Å². The number of morpholine rings is 1. The largest absolute Gasteiger partial charge is 0.497 e. The molecule has 2 unspecified atom stereocenters. The standard InChI is InChI=1S/C17H24N2O5/c1-12-9-19(10-13(2)24-12)17(20)11-23-18-8-14-7-15(21-3)5-6-16(14)22-4/h5-8,12-13H,9-11H2,1-4H3/b18-8+. The van der Waals surface area contributed by atoms with Crippen LogP contribution in [0, 0.1) is 0 Å². The van der Waals surface area contributed by atoms with Gasteiger partial charge in [0.05, 0.1) is 32.6 Å². The van der Waals surface area contributed by atoms with Gasteiger partial charge in [-0.1, -0.05) is 5.16 Å². The fourth-order valence-corrected chi connectivity index (χ4v) is 2.60. The average molecular weight is 336 g/mol. The summed E-state index contributed by atoms with van der Waals surface area (Å²) in [5.74, 6) is 1.22. The van der Waals surface area contributed by atoms with E-state index >= 15 is 0 Å². The van der Waals surface area contributed by atoms with E-state index in [9.17, 15) is 4.79 Å². The van der Waals surface area contributed by atoms with Gasteiger partial charge in [-0.05, 0) is 32.0 Å². The zero-order chi connectivity index (χ0) is 17.5. The van der Waals surface area contributed by atoms with E-state index in [0.717, 1.165) is 0 Å². The van der Waals surface area contributed by atoms with E-state index < -0.39 is 0 Å². The number of methoxy groups -OCH3 is 2. The van der Waals surface area contributed by atoms with Crippen molar-refractivity contribution < 1.29 is 23.8 Å². The third-order valence-electron chi connectivity index (χ3n) is 3.66. The number of nitrogens with zero attached hydrogens (tertiary/aromatic N) is 2. The summed E-state index contributed by atoms with van der Waals surface area (Å²) in [6.45, 7) is 4.93. The predicted octanol–water partition coefficient (Wildman–Crippen LogP) is 1.69. The summed E-state index contributed by atoms with van der Waals surface area (Å²) in [4.78, 5) is 19.0. The third kappa shape index (κ3) is 4.86. The van der Waals surface area contributed by atoms with Crippen LogP contribution in [0.15, 0.2) is 23.4 Å². The molecule has 2 atom stereocenters. The molecule has 1 saturated heterocycles. The number of oxime groups is 1. The highest BCUT2D eigenvalue weighted by Gasteiger charge is 2.25. The molecule has 1 heterocycles. The van der Waals surface area contributed by atoms with Gasteiger partial charge in [0.1, 0.15) is 11.5 Å². The molecule has 0 bridgehead atoms. The van der Waals surface area contributed by atoms with Gasteiger partial charge in [-0.15, -0.1) is 0 Å². The molecule has 2 rings (SSSR count). The lowest BCUT2D eigenvalue weighted by Gasteiger charge is -2.34. The van der Waals surface area contributed by atoms with Gasteiger partial charge in [0, 0.05) is 18.7 Å². The summed E-state index contributed by atoms with van der Waals surface area (Å²) in [5, 5.41) is 3.86. The molecule has 1 aromatic carbocycles. The Morgan fingerprint density at radius 1 is 1.29 bits per heavy atom. The topological polar surface area (TPSA) is 69.6 Å². The monoisotopic (exact) mass is 336 g/mol. The molecule has 1 aromatic rings. The number of rotatable bonds is 6. The minimum Gasteiger partial charge on any atom is -0.497 e. The molecule has 24 heavy (non-hydrogen) atoms. The number of hydrogen-bond acceptors (Lipinski definition) is 6. The zero-order valence-corrected chi connectivity index (χ0v) is 14.5. The van der Waals surface area contributed by atoms with Crippen LogP contribution in [0.25, 0.3) is 0 Å². The Morgan fingerprint density at radius 2 is 2.00 bits per heavy atom. The van der Waals surface area contributed by atoms with Crippen LogP contribution in [-0.2, 0) is 14.4 Å². The smallest absolute Gasteiger partial charge is 0.263 e. The molecule has 1 aliphatic heterocycles. The summed E-state index contributed by atoms with van der Waals surface area (Å²) < 4.78 is 16.0. The van der Waals surface area contributed by atoms with Crippen molar-refractivity contribution in [1.29, 1.82) is 0 Å². The molecule has 7 nitrogen and oxygen atoms in total. The van der Waals surface area contributed by atoms with Crippen LogP contribution >= 0.6 is 0 Å². The molecular weight excluding hydrogens is 312 g/mol. The number of benzene rings is 1. The molecule has 1 fully saturated rings. The molecule has 0 saturated carbocycles. The Kier molecular flexibility index (Phi) is 6.43. The molecule has 1 amide bonds. The maximum Gasteiger partial charge on any atom is 0.263 e. The minimum absolute atomic E-state index is 0.0299. The van der Waals surface area contributed by atoms with Crippen LogP contribution < -0.4 is 9.47 Å². The Balaban J connectivity index is 1.89. The van der Waals surface area contributed by atoms with Crippen LogP contribution in [0.1, 0.15) is 19.4 Å². The number of hydrogen-bond donors (Lipinski definition) is 0. The van der Waals surface area contributed by atoms with E-state index in [2.05, 4.69) is 5.16 Å². The van der Waals surface area contributed by atoms with Crippen molar-refractivity contribution in [1.82, 2.24) is 4.90 Å². The predicted molar refractivity (Wildman–Crippen MR) is 89.7 cm³/mol. The first kappa shape index (κ1) is 18.1. The first-order valence-corrected chi connectivity index (χ1v) is 7.84. The fraction of sp³-hybridized carbons (Fsp3) is 0.529. The van der Waals surface area contributed by atoms with E-state index in [4.69, 9.17) is 19.0 Å². The second-order valence-corrected chi connectivity index (χ2v) is 5.67. The number of carbonyl (C=O) groups is 1. The van der Waals surface area contributed by atoms with Crippen LogP contribution in [0.2, 0.25) is 0 Å². The van der Waals surface area contributed by atoms with E-state index in [1.807, 2.05) is 13.8 Å². The van der Waals surface area contributed by atoms with Crippen molar-refractivity contribution >= 4 is 12.1 Å². The van der Waals surface area contributed by atoms with Crippen LogP contribution in [0.3, 0.4) is 0 Å². The molecule has 0 spiro atoms. The van der Waals surface area contributed by atoms with Crippen molar-refractivity contribution in [3.05, 3.63) is 23.8 Å². The first-order chi connectivity index (χ1) is 11.5. The van der Waals surface area contributed by atoms with E-state index in [-0.39, 0.29) is 24.7 Å². The lowest BCUT2D eigenvalue weighted by atomic mass is 10.2. The molecule has 0 N–H and O–H groups in total. The van der Waals surface area contributed by atoms with Crippen molar-refractivity contribution in [2.75, 3.05) is 33.9 Å². The molecule has 0 aliphatic carbocycles. The van der Waals surface area contributed by atoms with Gasteiger partial charge >= 0.3 is 0 Å². The lowest BCUT2D eigenvalue weighted by molar-refractivity contribution is -0.147. The Bertz CT molecular complexity index is 580. The summed E-state index contributed by atoms with van der Waals surface area (Å²) >= 11 is 0. The van der Waals surface area contributed by atoms with Gasteiger partial charge in [-0.3, -0.25) is 4.79 Å². The van der Waals surface area contributed by atoms with Crippen molar-refractivity contribution in [3.8, 4) is 11.5 Å². The second-order valence-electron chi connectivity index (χ2n) is 5.67. The highest BCUT2D eigenvalue weighted by molar-refractivity contribution is 5.84. The third-order valence-corrected chi connectivity index (χ3v) is 3.66. The van der Waals surface area contributed by atoms with Gasteiger partial charge in [0.15, 0.2) is 6.61 Å². The molecule has 0 radical (unpaired) electrons. The molecule has 132 valence electrons. The van der Waals surface area contributed by atoms with Gasteiger partial charge in [0.25, 0.3) is 5.91 Å². The summed E-state index contributed by atoms with van der Waals surface area (Å²) in [5.41, 5.74) is 0.706. The van der Waals surface area contributed by atoms with E-state index in [0.29, 0.717) is 30.2 Å². The number of carbonyl (C=O) groups excluding carboxylic acids is 1. The van der Waals surface area contributed by atoms with Crippen LogP contribution in [0.5, 0.6) is 11.5 Å². The van der Waals surface area contributed by atoms with E-state index in [1.54, 1.807) is 37.3 Å². The highest BCUT2D eigenvalue weighted by Crippen LogP contribution is 2.22. The highest BCUT2D eigenvalue weighted by atomic mass is 16.6. The number of amides is 1. The normalized spacial score (nSPS) is 20.9. The zero-order valence-electron chi connectivity index (χ0n) is 14.5. The Labute approximate surface area is 142 Å². The van der Waals surface area contributed by atoms with Gasteiger partial charge in [0.2, 0.25) is 0 Å². The van der Waals surface area contributed by atoms with Gasteiger partial charge in [-0.25, -0.2) is 0 Å². The fourth-order valence-electron chi connectivity index (χ4n) is 2.60. The van der Waals surface area contributed by atoms with Crippen molar-refractivity contribution in [2.24, 2.45) is 5.16 Å². The van der Waals surface area contributed by atoms with Crippen molar-refractivity contribution in [3.63, 3.8) is 0 Å². The molecule has 7 heteroatoms. The average Bonchev–Trinajstić information content (AvgIpc) is 2.57. The molecular formula is C17H24N2O5. The van der Waals surface area contributed by atoms with Crippen LogP contribution in [-0.4, -0.2) is 63.1 Å². The summed E-state index contributed by atoms with van der Waals surface area (Å²) in [6, 6.07) is 5.35. The van der Waals surface area contributed by atoms with Gasteiger partial charge in [-0.2, -0.15) is 0 Å². The summed E-state index contributed by atoms with van der Waals surface area (Å²) in [6.07, 6.45) is 1.56. The quantitative estimate of drug-likeness (QED) is 0.584. The maximum absolute atomic E-state index is 12.2. The SMILES string of the molecule is COc1ccc(OC)c(/C=N/OCC(=O)N2CC(C)OC(C)C2)c1. The minimum atomic E-state index is -0.109. The van der Waals surface area contributed by atoms with Gasteiger partial charge < -0.3 is 23.9 Å². The maximum atomic E-state index is 12.2. The molecule has 0 aromatic heterocycles. The second kappa shape index (κ2) is 8.54. The Hall–Kier alpha value is -2.28. The van der Waals surface area contributed by atoms with Crippen molar-refractivity contribution in [2.45, 2.75) is 26.1 Å². The molecule has 1 aliphatic rings. The Morgan fingerprint density at radius 3 is 2.62 bits per heavy atom.